The van der Waals surface area contributed by atoms with Crippen molar-refractivity contribution in [1.82, 2.24) is 5.32 Å². The van der Waals surface area contributed by atoms with Gasteiger partial charge in [0.15, 0.2) is 0 Å². The molecule has 0 aromatic rings. The zero-order valence-electron chi connectivity index (χ0n) is 9.03. The Morgan fingerprint density at radius 2 is 2.20 bits per heavy atom. The number of nitrogens with one attached hydrogen (secondary N) is 1. The number of likely N-dealkylation sites (N-methyl/N-ethyl adjacent to an activating group) is 1. The number of thioether (sulfide) groups is 1. The van der Waals surface area contributed by atoms with Gasteiger partial charge in [-0.1, -0.05) is 6.58 Å². The van der Waals surface area contributed by atoms with E-state index in [9.17, 15) is 9.59 Å². The van der Waals surface area contributed by atoms with Gasteiger partial charge in [-0.25, -0.2) is 0 Å². The van der Waals surface area contributed by atoms with Gasteiger partial charge in [-0.2, -0.15) is 11.8 Å². The van der Waals surface area contributed by atoms with E-state index in [2.05, 4.69) is 11.9 Å². The van der Waals surface area contributed by atoms with Gasteiger partial charge in [-0.3, -0.25) is 9.59 Å². The molecule has 1 atom stereocenters. The molecule has 0 bridgehead atoms. The number of nitrogens with two attached hydrogens (primary N) is 1. The summed E-state index contributed by atoms with van der Waals surface area (Å²) in [7, 11) is 1.56. The van der Waals surface area contributed by atoms with Gasteiger partial charge in [0.2, 0.25) is 5.91 Å². The minimum Gasteiger partial charge on any atom is -0.480 e. The monoisotopic (exact) mass is 234 g/mol. The van der Waals surface area contributed by atoms with E-state index in [1.54, 1.807) is 18.8 Å². The normalized spacial score (nSPS) is 10.6. The summed E-state index contributed by atoms with van der Waals surface area (Å²) in [4.78, 5) is 20.0. The topological polar surface area (TPSA) is 92.4 Å². The Balaban J connectivity index is 0. The SMILES string of the molecule is C=CC(=O)NC.CSCC[C@H](N)C(=O)O. The van der Waals surface area contributed by atoms with Crippen LogP contribution in [0.15, 0.2) is 12.7 Å². The number of hydrogen-bond donors (Lipinski definition) is 3. The first-order chi connectivity index (χ1) is 6.99. The van der Waals surface area contributed by atoms with Crippen molar-refractivity contribution in [2.45, 2.75) is 12.5 Å². The van der Waals surface area contributed by atoms with Crippen molar-refractivity contribution in [3.05, 3.63) is 12.7 Å². The molecule has 15 heavy (non-hydrogen) atoms. The van der Waals surface area contributed by atoms with E-state index in [-0.39, 0.29) is 5.91 Å². The molecule has 0 aliphatic heterocycles. The van der Waals surface area contributed by atoms with Gasteiger partial charge in [-0.15, -0.1) is 0 Å². The predicted molar refractivity (Wildman–Crippen MR) is 62.9 cm³/mol. The Hall–Kier alpha value is -1.01. The molecule has 0 saturated heterocycles. The van der Waals surface area contributed by atoms with Crippen LogP contribution in [0.5, 0.6) is 0 Å². The lowest BCUT2D eigenvalue weighted by molar-refractivity contribution is -0.138. The van der Waals surface area contributed by atoms with Gasteiger partial charge in [0.1, 0.15) is 6.04 Å². The van der Waals surface area contributed by atoms with E-state index >= 15 is 0 Å². The molecule has 0 saturated carbocycles. The Kier molecular flexibility index (Phi) is 12.1. The van der Waals surface area contributed by atoms with Gasteiger partial charge >= 0.3 is 5.97 Å². The van der Waals surface area contributed by atoms with Crippen molar-refractivity contribution >= 4 is 23.6 Å². The van der Waals surface area contributed by atoms with Crippen LogP contribution in [0, 0.1) is 0 Å². The summed E-state index contributed by atoms with van der Waals surface area (Å²) in [6, 6.07) is -0.683. The number of carboxylic acid groups (broad SMARTS) is 1. The standard InChI is InChI=1S/C5H11NO2S.C4H7NO/c1-9-3-2-4(6)5(7)8;1-3-4(6)5-2/h4H,2-3,6H2,1H3,(H,7,8);3H,1H2,2H3,(H,5,6)/t4-;/m0./s1. The maximum Gasteiger partial charge on any atom is 0.320 e. The van der Waals surface area contributed by atoms with Crippen LogP contribution in [0.25, 0.3) is 0 Å². The van der Waals surface area contributed by atoms with Crippen LogP contribution < -0.4 is 11.1 Å². The summed E-state index contributed by atoms with van der Waals surface area (Å²) in [5.74, 6) is -0.243. The summed E-state index contributed by atoms with van der Waals surface area (Å²) >= 11 is 1.60. The molecule has 1 amide bonds. The minimum absolute atomic E-state index is 0.144. The molecule has 0 fully saturated rings. The number of carbonyl (C=O) groups is 2. The molecular formula is C9H18N2O3S. The molecule has 4 N–H and O–H groups in total. The number of amides is 1. The third kappa shape index (κ3) is 13.0. The number of hydrogen-bond acceptors (Lipinski definition) is 4. The Morgan fingerprint density at radius 3 is 2.40 bits per heavy atom. The first-order valence-electron chi connectivity index (χ1n) is 4.31. The van der Waals surface area contributed by atoms with Crippen LogP contribution in [0.1, 0.15) is 6.42 Å². The third-order valence-corrected chi connectivity index (χ3v) is 2.03. The number of rotatable bonds is 5. The molecule has 0 aromatic heterocycles. The molecule has 0 radical (unpaired) electrons. The smallest absolute Gasteiger partial charge is 0.320 e. The van der Waals surface area contributed by atoms with Crippen molar-refractivity contribution in [3.63, 3.8) is 0 Å². The lowest BCUT2D eigenvalue weighted by Gasteiger charge is -2.02. The molecule has 0 aromatic carbocycles. The highest BCUT2D eigenvalue weighted by molar-refractivity contribution is 7.98. The first kappa shape index (κ1) is 16.4. The predicted octanol–water partition coefficient (Wildman–Crippen LogP) is 0.0698. The lowest BCUT2D eigenvalue weighted by Crippen LogP contribution is -2.30. The van der Waals surface area contributed by atoms with Crippen LogP contribution in [0.2, 0.25) is 0 Å². The molecule has 0 spiro atoms. The van der Waals surface area contributed by atoms with Gasteiger partial charge in [0.25, 0.3) is 0 Å². The van der Waals surface area contributed by atoms with E-state index in [1.165, 1.54) is 6.08 Å². The summed E-state index contributed by atoms with van der Waals surface area (Å²) in [5.41, 5.74) is 5.19. The minimum atomic E-state index is -0.913. The quantitative estimate of drug-likeness (QED) is 0.585. The highest BCUT2D eigenvalue weighted by Gasteiger charge is 2.08. The summed E-state index contributed by atoms with van der Waals surface area (Å²) in [6.07, 6.45) is 3.70. The van der Waals surface area contributed by atoms with Gasteiger partial charge < -0.3 is 16.2 Å². The van der Waals surface area contributed by atoms with Crippen molar-refractivity contribution in [1.29, 1.82) is 0 Å². The lowest BCUT2D eigenvalue weighted by atomic mass is 10.2. The molecule has 0 unspecified atom stereocenters. The van der Waals surface area contributed by atoms with Crippen LogP contribution in [-0.4, -0.2) is 42.1 Å². The molecule has 6 heteroatoms. The zero-order chi connectivity index (χ0) is 12.3. The highest BCUT2D eigenvalue weighted by Crippen LogP contribution is 1.97. The van der Waals surface area contributed by atoms with Crippen LogP contribution in [0.4, 0.5) is 0 Å². The molecule has 0 aliphatic rings. The first-order valence-corrected chi connectivity index (χ1v) is 5.70. The summed E-state index contributed by atoms with van der Waals surface area (Å²) < 4.78 is 0. The second kappa shape index (κ2) is 11.1. The molecule has 0 rings (SSSR count). The van der Waals surface area contributed by atoms with Crippen molar-refractivity contribution < 1.29 is 14.7 Å². The average Bonchev–Trinajstić information content (AvgIpc) is 2.25. The summed E-state index contributed by atoms with van der Waals surface area (Å²) in [6.45, 7) is 3.22. The van der Waals surface area contributed by atoms with Crippen molar-refractivity contribution in [3.8, 4) is 0 Å². The van der Waals surface area contributed by atoms with E-state index in [0.717, 1.165) is 5.75 Å². The molecular weight excluding hydrogens is 216 g/mol. The zero-order valence-corrected chi connectivity index (χ0v) is 9.84. The van der Waals surface area contributed by atoms with Crippen LogP contribution >= 0.6 is 11.8 Å². The molecule has 0 aliphatic carbocycles. The van der Waals surface area contributed by atoms with E-state index in [4.69, 9.17) is 10.8 Å². The second-order valence-corrected chi connectivity index (χ2v) is 3.53. The third-order valence-electron chi connectivity index (χ3n) is 1.38. The number of carbonyl (C=O) groups excluding carboxylic acids is 1. The van der Waals surface area contributed by atoms with Gasteiger partial charge in [0, 0.05) is 7.05 Å². The molecule has 5 nitrogen and oxygen atoms in total. The van der Waals surface area contributed by atoms with Gasteiger partial charge in [0.05, 0.1) is 0 Å². The van der Waals surface area contributed by atoms with Crippen molar-refractivity contribution in [2.75, 3.05) is 19.1 Å². The van der Waals surface area contributed by atoms with E-state index < -0.39 is 12.0 Å². The average molecular weight is 234 g/mol. The van der Waals surface area contributed by atoms with Crippen LogP contribution in [0.3, 0.4) is 0 Å². The molecule has 0 heterocycles. The van der Waals surface area contributed by atoms with Crippen molar-refractivity contribution in [2.24, 2.45) is 5.73 Å². The Labute approximate surface area is 94.1 Å². The second-order valence-electron chi connectivity index (χ2n) is 2.54. The maximum absolute atomic E-state index is 10.1. The Bertz CT molecular complexity index is 210. The fraction of sp³-hybridized carbons (Fsp3) is 0.556. The molecule has 88 valence electrons. The van der Waals surface area contributed by atoms with Gasteiger partial charge in [-0.05, 0) is 24.5 Å². The van der Waals surface area contributed by atoms with E-state index in [1.807, 2.05) is 6.26 Å². The highest BCUT2D eigenvalue weighted by atomic mass is 32.2. The maximum atomic E-state index is 10.1. The number of carboxylic acids is 1. The largest absolute Gasteiger partial charge is 0.480 e. The summed E-state index contributed by atoms with van der Waals surface area (Å²) in [5, 5.41) is 10.6. The van der Waals surface area contributed by atoms with E-state index in [0.29, 0.717) is 6.42 Å². The fourth-order valence-electron chi connectivity index (χ4n) is 0.470. The Morgan fingerprint density at radius 1 is 1.67 bits per heavy atom. The number of aliphatic carboxylic acids is 1. The fourth-order valence-corrected chi connectivity index (χ4v) is 0.960. The van der Waals surface area contributed by atoms with Crippen LogP contribution in [-0.2, 0) is 9.59 Å².